The van der Waals surface area contributed by atoms with Crippen LogP contribution in [0, 0.1) is 17.0 Å². The van der Waals surface area contributed by atoms with E-state index in [1.807, 2.05) is 6.92 Å². The van der Waals surface area contributed by atoms with E-state index in [-0.39, 0.29) is 11.3 Å². The smallest absolute Gasteiger partial charge is 0.280 e. The number of aryl methyl sites for hydroxylation is 1. The molecule has 0 radical (unpaired) electrons. The summed E-state index contributed by atoms with van der Waals surface area (Å²) in [4.78, 5) is 10.1. The van der Waals surface area contributed by atoms with Gasteiger partial charge in [-0.25, -0.2) is 0 Å². The molecule has 0 saturated carbocycles. The van der Waals surface area contributed by atoms with Crippen LogP contribution in [0.1, 0.15) is 5.69 Å². The molecular weight excluding hydrogens is 172 g/mol. The molecule has 0 aromatic carbocycles. The predicted molar refractivity (Wildman–Crippen MR) is 44.4 cm³/mol. The molecule has 0 amide bonds. The molecule has 0 N–H and O–H groups in total. The van der Waals surface area contributed by atoms with E-state index in [0.29, 0.717) is 0 Å². The average molecular weight is 178 g/mol. The average Bonchev–Trinajstić information content (AvgIpc) is 2.53. The molecule has 0 aliphatic carbocycles. The minimum atomic E-state index is -0.469. The normalized spacial score (nSPS) is 10.5. The van der Waals surface area contributed by atoms with Gasteiger partial charge in [-0.1, -0.05) is 0 Å². The fraction of sp³-hybridized carbons (Fsp3) is 0.143. The van der Waals surface area contributed by atoms with Gasteiger partial charge in [0.1, 0.15) is 6.33 Å². The number of hydrogen-bond acceptors (Lipinski definition) is 4. The third-order valence-corrected chi connectivity index (χ3v) is 1.84. The Morgan fingerprint density at radius 2 is 2.31 bits per heavy atom. The van der Waals surface area contributed by atoms with Crippen LogP contribution >= 0.6 is 0 Å². The van der Waals surface area contributed by atoms with Crippen molar-refractivity contribution in [2.45, 2.75) is 6.92 Å². The Kier molecular flexibility index (Phi) is 1.48. The van der Waals surface area contributed by atoms with Crippen LogP contribution in [0.5, 0.6) is 0 Å². The second-order valence-electron chi connectivity index (χ2n) is 2.64. The molecule has 6 nitrogen and oxygen atoms in total. The monoisotopic (exact) mass is 178 g/mol. The lowest BCUT2D eigenvalue weighted by Crippen LogP contribution is -1.95. The molecule has 0 fully saturated rings. The summed E-state index contributed by atoms with van der Waals surface area (Å²) in [6.07, 6.45) is 1.46. The van der Waals surface area contributed by atoms with Gasteiger partial charge in [0.25, 0.3) is 0 Å². The Balaban J connectivity index is 2.86. The van der Waals surface area contributed by atoms with E-state index in [2.05, 4.69) is 10.2 Å². The summed E-state index contributed by atoms with van der Waals surface area (Å²) in [5.41, 5.74) is 1.12. The Bertz CT molecular complexity index is 476. The summed E-state index contributed by atoms with van der Waals surface area (Å²) in [6, 6.07) is 3.09. The molecular formula is C7H6N4O2. The molecule has 2 aromatic heterocycles. The summed E-state index contributed by atoms with van der Waals surface area (Å²) in [5.74, 6) is 0. The molecule has 0 atom stereocenters. The maximum Gasteiger partial charge on any atom is 0.314 e. The Morgan fingerprint density at radius 1 is 1.54 bits per heavy atom. The molecule has 2 aromatic rings. The molecule has 2 rings (SSSR count). The third kappa shape index (κ3) is 1.03. The van der Waals surface area contributed by atoms with Crippen molar-refractivity contribution in [3.8, 4) is 0 Å². The molecule has 0 saturated heterocycles. The fourth-order valence-corrected chi connectivity index (χ4v) is 1.16. The highest BCUT2D eigenvalue weighted by Crippen LogP contribution is 2.17. The molecule has 0 aliphatic heterocycles. The first kappa shape index (κ1) is 7.66. The van der Waals surface area contributed by atoms with Crippen LogP contribution in [-0.4, -0.2) is 19.5 Å². The first-order valence-corrected chi connectivity index (χ1v) is 3.64. The second kappa shape index (κ2) is 2.51. The number of pyridine rings is 1. The van der Waals surface area contributed by atoms with Gasteiger partial charge in [0.2, 0.25) is 5.65 Å². The quantitative estimate of drug-likeness (QED) is 0.481. The molecule has 0 aliphatic rings. The highest BCUT2D eigenvalue weighted by molar-refractivity contribution is 5.58. The van der Waals surface area contributed by atoms with Gasteiger partial charge >= 0.3 is 5.69 Å². The molecule has 2 heterocycles. The van der Waals surface area contributed by atoms with E-state index in [4.69, 9.17) is 0 Å². The van der Waals surface area contributed by atoms with E-state index in [9.17, 15) is 10.1 Å². The van der Waals surface area contributed by atoms with Crippen LogP contribution in [0.15, 0.2) is 18.5 Å². The zero-order valence-electron chi connectivity index (χ0n) is 6.84. The third-order valence-electron chi connectivity index (χ3n) is 1.84. The van der Waals surface area contributed by atoms with Crippen LogP contribution in [0.25, 0.3) is 5.65 Å². The van der Waals surface area contributed by atoms with Crippen molar-refractivity contribution in [1.82, 2.24) is 14.6 Å². The zero-order chi connectivity index (χ0) is 9.42. The van der Waals surface area contributed by atoms with Crippen molar-refractivity contribution in [2.75, 3.05) is 0 Å². The summed E-state index contributed by atoms with van der Waals surface area (Å²) < 4.78 is 1.58. The van der Waals surface area contributed by atoms with Gasteiger partial charge in [-0.05, 0) is 13.0 Å². The van der Waals surface area contributed by atoms with E-state index in [1.54, 1.807) is 10.5 Å². The Hall–Kier alpha value is -1.98. The van der Waals surface area contributed by atoms with Gasteiger partial charge in [-0.3, -0.25) is 14.5 Å². The number of nitro groups is 1. The van der Waals surface area contributed by atoms with Gasteiger partial charge in [-0.15, -0.1) is 10.2 Å². The van der Waals surface area contributed by atoms with Crippen LogP contribution in [0.4, 0.5) is 5.69 Å². The predicted octanol–water partition coefficient (Wildman–Crippen LogP) is 0.946. The Morgan fingerprint density at radius 3 is 3.00 bits per heavy atom. The van der Waals surface area contributed by atoms with Crippen molar-refractivity contribution in [2.24, 2.45) is 0 Å². The first-order valence-electron chi connectivity index (χ1n) is 3.64. The molecule has 66 valence electrons. The van der Waals surface area contributed by atoms with Crippen molar-refractivity contribution < 1.29 is 4.92 Å². The lowest BCUT2D eigenvalue weighted by molar-refractivity contribution is -0.383. The minimum Gasteiger partial charge on any atom is -0.280 e. The number of nitrogens with zero attached hydrogens (tertiary/aromatic N) is 4. The Labute approximate surface area is 73.0 Å². The lowest BCUT2D eigenvalue weighted by Gasteiger charge is -1.97. The zero-order valence-corrected chi connectivity index (χ0v) is 6.84. The van der Waals surface area contributed by atoms with E-state index >= 15 is 0 Å². The summed E-state index contributed by atoms with van der Waals surface area (Å²) in [5, 5.41) is 17.8. The van der Waals surface area contributed by atoms with Crippen molar-refractivity contribution in [1.29, 1.82) is 0 Å². The van der Waals surface area contributed by atoms with Gasteiger partial charge in [-0.2, -0.15) is 0 Å². The van der Waals surface area contributed by atoms with Crippen molar-refractivity contribution >= 4 is 11.3 Å². The first-order chi connectivity index (χ1) is 6.20. The van der Waals surface area contributed by atoms with Crippen molar-refractivity contribution in [3.63, 3.8) is 0 Å². The number of hydrogen-bond donors (Lipinski definition) is 0. The highest BCUT2D eigenvalue weighted by atomic mass is 16.6. The molecule has 0 unspecified atom stereocenters. The largest absolute Gasteiger partial charge is 0.314 e. The summed E-state index contributed by atoms with van der Waals surface area (Å²) in [7, 11) is 0. The maximum absolute atomic E-state index is 10.5. The summed E-state index contributed by atoms with van der Waals surface area (Å²) in [6.45, 7) is 1.83. The minimum absolute atomic E-state index is 0.0249. The molecule has 13 heavy (non-hydrogen) atoms. The fourth-order valence-electron chi connectivity index (χ4n) is 1.16. The van der Waals surface area contributed by atoms with Crippen LogP contribution in [0.3, 0.4) is 0 Å². The van der Waals surface area contributed by atoms with E-state index in [1.165, 1.54) is 12.4 Å². The molecule has 6 heteroatoms. The number of rotatable bonds is 1. The van der Waals surface area contributed by atoms with Gasteiger partial charge < -0.3 is 0 Å². The van der Waals surface area contributed by atoms with Crippen LogP contribution in [-0.2, 0) is 0 Å². The maximum atomic E-state index is 10.5. The number of aromatic nitrogens is 3. The van der Waals surface area contributed by atoms with Crippen LogP contribution in [0.2, 0.25) is 0 Å². The number of fused-ring (bicyclic) bond motifs is 1. The lowest BCUT2D eigenvalue weighted by atomic mass is 10.3. The van der Waals surface area contributed by atoms with Crippen LogP contribution < -0.4 is 0 Å². The van der Waals surface area contributed by atoms with E-state index in [0.717, 1.165) is 5.69 Å². The summed E-state index contributed by atoms with van der Waals surface area (Å²) >= 11 is 0. The highest BCUT2D eigenvalue weighted by Gasteiger charge is 2.14. The van der Waals surface area contributed by atoms with Gasteiger partial charge in [0.15, 0.2) is 0 Å². The molecule has 0 bridgehead atoms. The standard InChI is InChI=1S/C7H6N4O2/c1-5-2-3-6(11(12)13)7-9-8-4-10(5)7/h2-4H,1H3. The molecule has 0 spiro atoms. The van der Waals surface area contributed by atoms with Gasteiger partial charge in [0.05, 0.1) is 4.92 Å². The van der Waals surface area contributed by atoms with Gasteiger partial charge in [0, 0.05) is 11.8 Å². The SMILES string of the molecule is Cc1ccc([N+](=O)[O-])c2nncn12. The topological polar surface area (TPSA) is 73.3 Å². The van der Waals surface area contributed by atoms with E-state index < -0.39 is 4.92 Å². The van der Waals surface area contributed by atoms with Crippen molar-refractivity contribution in [3.05, 3.63) is 34.3 Å². The second-order valence-corrected chi connectivity index (χ2v) is 2.64.